The zero-order chi connectivity index (χ0) is 23.3. The highest BCUT2D eigenvalue weighted by Gasteiger charge is 2.22. The van der Waals surface area contributed by atoms with Gasteiger partial charge in [-0.1, -0.05) is 74.9 Å². The summed E-state index contributed by atoms with van der Waals surface area (Å²) in [6.07, 6.45) is 3.24. The van der Waals surface area contributed by atoms with E-state index >= 15 is 0 Å². The Morgan fingerprint density at radius 1 is 1.03 bits per heavy atom. The highest BCUT2D eigenvalue weighted by Crippen LogP contribution is 2.36. The van der Waals surface area contributed by atoms with E-state index in [1.165, 1.54) is 23.0 Å². The number of esters is 1. The van der Waals surface area contributed by atoms with Crippen molar-refractivity contribution in [1.82, 2.24) is 0 Å². The molecule has 0 bridgehead atoms. The van der Waals surface area contributed by atoms with E-state index in [2.05, 4.69) is 38.2 Å². The molecule has 5 heteroatoms. The van der Waals surface area contributed by atoms with Crippen molar-refractivity contribution in [3.63, 3.8) is 0 Å². The number of carbonyl (C=O) groups is 2. The highest BCUT2D eigenvalue weighted by molar-refractivity contribution is 7.15. The summed E-state index contributed by atoms with van der Waals surface area (Å²) in [7, 11) is 0. The largest absolute Gasteiger partial charge is 0.462 e. The van der Waals surface area contributed by atoms with Gasteiger partial charge in [-0.05, 0) is 42.0 Å². The van der Waals surface area contributed by atoms with Crippen molar-refractivity contribution in [3.05, 3.63) is 82.2 Å². The fourth-order valence-corrected chi connectivity index (χ4v) is 4.18. The third-order valence-corrected chi connectivity index (χ3v) is 5.97. The minimum atomic E-state index is -0.443. The second-order valence-corrected chi connectivity index (χ2v) is 9.51. The van der Waals surface area contributed by atoms with Crippen LogP contribution in [0.15, 0.2) is 60.0 Å². The van der Waals surface area contributed by atoms with Gasteiger partial charge in [-0.15, -0.1) is 11.3 Å². The molecule has 0 radical (unpaired) electrons. The van der Waals surface area contributed by atoms with E-state index in [1.807, 2.05) is 48.7 Å². The number of ether oxygens (including phenoxy) is 1. The number of carbonyl (C=O) groups excluding carboxylic acids is 2. The van der Waals surface area contributed by atoms with Gasteiger partial charge in [0.25, 0.3) is 0 Å². The van der Waals surface area contributed by atoms with Crippen LogP contribution in [0.3, 0.4) is 0 Å². The number of hydrogen-bond acceptors (Lipinski definition) is 4. The predicted octanol–water partition coefficient (Wildman–Crippen LogP) is 6.85. The van der Waals surface area contributed by atoms with Gasteiger partial charge in [-0.25, -0.2) is 4.79 Å². The molecule has 1 N–H and O–H groups in total. The Labute approximate surface area is 193 Å². The Morgan fingerprint density at radius 2 is 1.69 bits per heavy atom. The number of anilines is 1. The van der Waals surface area contributed by atoms with Crippen LogP contribution in [-0.4, -0.2) is 18.5 Å². The summed E-state index contributed by atoms with van der Waals surface area (Å²) in [5.41, 5.74) is 5.44. The fourth-order valence-electron chi connectivity index (χ4n) is 3.22. The number of amides is 1. The van der Waals surface area contributed by atoms with Gasteiger partial charge in [0.05, 0.1) is 6.61 Å². The lowest BCUT2D eigenvalue weighted by Crippen LogP contribution is -2.12. The summed E-state index contributed by atoms with van der Waals surface area (Å²) in [6, 6.07) is 16.1. The Kier molecular flexibility index (Phi) is 7.31. The Morgan fingerprint density at radius 3 is 2.28 bits per heavy atom. The second-order valence-electron chi connectivity index (χ2n) is 8.63. The van der Waals surface area contributed by atoms with Crippen molar-refractivity contribution in [3.8, 4) is 11.1 Å². The first-order valence-electron chi connectivity index (χ1n) is 10.6. The van der Waals surface area contributed by atoms with Gasteiger partial charge in [0.15, 0.2) is 0 Å². The molecule has 0 saturated carbocycles. The van der Waals surface area contributed by atoms with Gasteiger partial charge in [-0.3, -0.25) is 4.79 Å². The average molecular weight is 448 g/mol. The van der Waals surface area contributed by atoms with Crippen molar-refractivity contribution < 1.29 is 14.3 Å². The molecule has 3 aromatic rings. The quantitative estimate of drug-likeness (QED) is 0.332. The number of nitrogens with one attached hydrogen (secondary N) is 1. The zero-order valence-electron chi connectivity index (χ0n) is 19.2. The molecule has 1 heterocycles. The molecular formula is C27H29NO3S. The average Bonchev–Trinajstić information content (AvgIpc) is 3.16. The van der Waals surface area contributed by atoms with Crippen molar-refractivity contribution in [2.75, 3.05) is 11.9 Å². The first-order chi connectivity index (χ1) is 15.2. The van der Waals surface area contributed by atoms with Crippen LogP contribution in [0.2, 0.25) is 0 Å². The van der Waals surface area contributed by atoms with Crippen molar-refractivity contribution in [2.45, 2.75) is 40.0 Å². The number of aryl methyl sites for hydroxylation is 1. The highest BCUT2D eigenvalue weighted by atomic mass is 32.1. The maximum atomic E-state index is 12.7. The van der Waals surface area contributed by atoms with E-state index in [4.69, 9.17) is 4.74 Å². The minimum absolute atomic E-state index is 0.0808. The standard InChI is InChI=1S/C27H29NO3S/c1-6-31-26(30)24-22(20-12-7-18(2)8-13-20)17-32-25(24)28-23(29)16-11-19-9-14-21(15-10-19)27(3,4)5/h7-17H,6H2,1-5H3,(H,28,29). The molecule has 0 aliphatic rings. The SMILES string of the molecule is CCOC(=O)c1c(-c2ccc(C)cc2)csc1NC(=O)C=Cc1ccc(C(C)(C)C)cc1. The predicted molar refractivity (Wildman–Crippen MR) is 133 cm³/mol. The van der Waals surface area contributed by atoms with E-state index in [1.54, 1.807) is 13.0 Å². The molecular weight excluding hydrogens is 418 g/mol. The van der Waals surface area contributed by atoms with Crippen LogP contribution in [0.25, 0.3) is 17.2 Å². The van der Waals surface area contributed by atoms with Gasteiger partial charge < -0.3 is 10.1 Å². The molecule has 2 aromatic carbocycles. The van der Waals surface area contributed by atoms with Crippen molar-refractivity contribution >= 4 is 34.3 Å². The summed E-state index contributed by atoms with van der Waals surface area (Å²) < 4.78 is 5.26. The van der Waals surface area contributed by atoms with E-state index in [0.29, 0.717) is 10.6 Å². The maximum absolute atomic E-state index is 12.7. The van der Waals surface area contributed by atoms with Crippen LogP contribution in [0.1, 0.15) is 54.7 Å². The molecule has 3 rings (SSSR count). The molecule has 1 aromatic heterocycles. The van der Waals surface area contributed by atoms with Crippen LogP contribution in [-0.2, 0) is 14.9 Å². The molecule has 0 atom stereocenters. The van der Waals surface area contributed by atoms with Crippen LogP contribution in [0, 0.1) is 6.92 Å². The summed E-state index contributed by atoms with van der Waals surface area (Å²) in [6.45, 7) is 10.5. The van der Waals surface area contributed by atoms with Gasteiger partial charge in [0, 0.05) is 17.0 Å². The lowest BCUT2D eigenvalue weighted by atomic mass is 9.87. The molecule has 32 heavy (non-hydrogen) atoms. The normalized spacial score (nSPS) is 11.5. The molecule has 1 amide bonds. The van der Waals surface area contributed by atoms with Crippen LogP contribution < -0.4 is 5.32 Å². The zero-order valence-corrected chi connectivity index (χ0v) is 20.0. The van der Waals surface area contributed by atoms with Gasteiger partial charge >= 0.3 is 5.97 Å². The van der Waals surface area contributed by atoms with Crippen LogP contribution in [0.4, 0.5) is 5.00 Å². The summed E-state index contributed by atoms with van der Waals surface area (Å²) in [5.74, 6) is -0.742. The van der Waals surface area contributed by atoms with Crippen molar-refractivity contribution in [1.29, 1.82) is 0 Å². The second kappa shape index (κ2) is 9.96. The molecule has 0 unspecified atom stereocenters. The smallest absolute Gasteiger partial charge is 0.341 e. The minimum Gasteiger partial charge on any atom is -0.462 e. The molecule has 0 saturated heterocycles. The van der Waals surface area contributed by atoms with Gasteiger partial charge in [0.2, 0.25) is 5.91 Å². The van der Waals surface area contributed by atoms with Crippen molar-refractivity contribution in [2.24, 2.45) is 0 Å². The van der Waals surface area contributed by atoms with E-state index in [9.17, 15) is 9.59 Å². The molecule has 0 aliphatic carbocycles. The first kappa shape index (κ1) is 23.5. The monoisotopic (exact) mass is 447 g/mol. The molecule has 166 valence electrons. The maximum Gasteiger partial charge on any atom is 0.341 e. The number of hydrogen-bond donors (Lipinski definition) is 1. The van der Waals surface area contributed by atoms with Crippen LogP contribution >= 0.6 is 11.3 Å². The molecule has 0 spiro atoms. The van der Waals surface area contributed by atoms with E-state index < -0.39 is 5.97 Å². The summed E-state index contributed by atoms with van der Waals surface area (Å²) >= 11 is 1.32. The van der Waals surface area contributed by atoms with Gasteiger partial charge in [-0.2, -0.15) is 0 Å². The molecule has 4 nitrogen and oxygen atoms in total. The summed E-state index contributed by atoms with van der Waals surface area (Å²) in [4.78, 5) is 25.3. The lowest BCUT2D eigenvalue weighted by Gasteiger charge is -2.18. The molecule has 0 fully saturated rings. The topological polar surface area (TPSA) is 55.4 Å². The first-order valence-corrected chi connectivity index (χ1v) is 11.5. The molecule has 0 aliphatic heterocycles. The fraction of sp³-hybridized carbons (Fsp3) is 0.259. The van der Waals surface area contributed by atoms with E-state index in [-0.39, 0.29) is 17.9 Å². The Hall–Kier alpha value is -3.18. The third kappa shape index (κ3) is 5.74. The summed E-state index contributed by atoms with van der Waals surface area (Å²) in [5, 5.41) is 5.21. The number of rotatable bonds is 6. The third-order valence-electron chi connectivity index (χ3n) is 5.07. The number of benzene rings is 2. The van der Waals surface area contributed by atoms with Gasteiger partial charge in [0.1, 0.15) is 10.6 Å². The Balaban J connectivity index is 1.81. The Bertz CT molecular complexity index is 1120. The lowest BCUT2D eigenvalue weighted by molar-refractivity contribution is -0.111. The number of thiophene rings is 1. The van der Waals surface area contributed by atoms with Crippen LogP contribution in [0.5, 0.6) is 0 Å². The van der Waals surface area contributed by atoms with E-state index in [0.717, 1.165) is 22.3 Å².